The van der Waals surface area contributed by atoms with Crippen LogP contribution < -0.4 is 5.32 Å². The Morgan fingerprint density at radius 3 is 2.42 bits per heavy atom. The Balaban J connectivity index is 1.71. The van der Waals surface area contributed by atoms with Crippen molar-refractivity contribution in [1.29, 1.82) is 0 Å². The van der Waals surface area contributed by atoms with Gasteiger partial charge in [0, 0.05) is 17.8 Å². The first-order valence-corrected chi connectivity index (χ1v) is 6.65. The highest BCUT2D eigenvalue weighted by atomic mass is 16.4. The fourth-order valence-corrected chi connectivity index (χ4v) is 2.57. The van der Waals surface area contributed by atoms with Gasteiger partial charge in [0.15, 0.2) is 0 Å². The van der Waals surface area contributed by atoms with E-state index in [1.54, 1.807) is 6.07 Å². The van der Waals surface area contributed by atoms with Gasteiger partial charge in [-0.05, 0) is 49.7 Å². The van der Waals surface area contributed by atoms with Crippen LogP contribution in [0.25, 0.3) is 0 Å². The summed E-state index contributed by atoms with van der Waals surface area (Å²) in [6, 6.07) is 3.03. The Morgan fingerprint density at radius 2 is 1.89 bits per heavy atom. The number of carboxylic acid groups (broad SMARTS) is 1. The molecular weight excluding hydrogens is 244 g/mol. The number of carbonyl (C=O) groups is 2. The third-order valence-electron chi connectivity index (χ3n) is 3.81. The van der Waals surface area contributed by atoms with Crippen molar-refractivity contribution in [1.82, 2.24) is 4.98 Å². The van der Waals surface area contributed by atoms with Crippen LogP contribution >= 0.6 is 0 Å². The minimum Gasteiger partial charge on any atom is -0.477 e. The molecule has 5 heteroatoms. The first kappa shape index (κ1) is 12.1. The highest BCUT2D eigenvalue weighted by Crippen LogP contribution is 2.49. The number of amides is 1. The number of aromatic nitrogens is 1. The van der Waals surface area contributed by atoms with Crippen LogP contribution in [0.4, 0.5) is 5.69 Å². The molecule has 0 radical (unpaired) electrons. The maximum Gasteiger partial charge on any atom is 0.354 e. The van der Waals surface area contributed by atoms with Crippen molar-refractivity contribution in [2.75, 3.05) is 5.32 Å². The maximum absolute atomic E-state index is 12.3. The van der Waals surface area contributed by atoms with E-state index in [1.807, 2.05) is 0 Å². The van der Waals surface area contributed by atoms with Gasteiger partial charge in [-0.2, -0.15) is 0 Å². The Hall–Kier alpha value is -1.91. The minimum absolute atomic E-state index is 0.0348. The molecule has 2 N–H and O–H groups in total. The molecule has 5 nitrogen and oxygen atoms in total. The van der Waals surface area contributed by atoms with Gasteiger partial charge in [0.2, 0.25) is 5.91 Å². The van der Waals surface area contributed by atoms with Crippen LogP contribution in [0.5, 0.6) is 0 Å². The smallest absolute Gasteiger partial charge is 0.354 e. The number of rotatable bonds is 5. The van der Waals surface area contributed by atoms with Crippen molar-refractivity contribution < 1.29 is 14.7 Å². The second-order valence-corrected chi connectivity index (χ2v) is 5.42. The number of carboxylic acids is 1. The topological polar surface area (TPSA) is 79.3 Å². The van der Waals surface area contributed by atoms with Crippen molar-refractivity contribution in [2.24, 2.45) is 17.8 Å². The predicted octanol–water partition coefficient (Wildman–Crippen LogP) is 2.15. The van der Waals surface area contributed by atoms with E-state index in [9.17, 15) is 9.59 Å². The number of nitrogens with one attached hydrogen (secondary N) is 1. The molecule has 0 saturated heterocycles. The fraction of sp³-hybridized carbons (Fsp3) is 0.500. The summed E-state index contributed by atoms with van der Waals surface area (Å²) in [4.78, 5) is 26.8. The van der Waals surface area contributed by atoms with E-state index in [2.05, 4.69) is 10.3 Å². The Bertz CT molecular complexity index is 509. The summed E-state index contributed by atoms with van der Waals surface area (Å²) in [5.41, 5.74) is 0.468. The van der Waals surface area contributed by atoms with Crippen LogP contribution in [0.1, 0.15) is 36.2 Å². The van der Waals surface area contributed by atoms with Crippen LogP contribution in [0.2, 0.25) is 0 Å². The second-order valence-electron chi connectivity index (χ2n) is 5.42. The van der Waals surface area contributed by atoms with Crippen LogP contribution in [0.3, 0.4) is 0 Å². The van der Waals surface area contributed by atoms with Gasteiger partial charge in [-0.25, -0.2) is 9.78 Å². The number of carbonyl (C=O) groups excluding carboxylic acids is 1. The quantitative estimate of drug-likeness (QED) is 0.850. The summed E-state index contributed by atoms with van der Waals surface area (Å²) in [5.74, 6) is 0.132. The molecule has 2 aliphatic carbocycles. The van der Waals surface area contributed by atoms with E-state index in [-0.39, 0.29) is 17.5 Å². The van der Waals surface area contributed by atoms with Gasteiger partial charge >= 0.3 is 5.97 Å². The average Bonchev–Trinajstić information content (AvgIpc) is 3.23. The largest absolute Gasteiger partial charge is 0.477 e. The molecule has 0 unspecified atom stereocenters. The van der Waals surface area contributed by atoms with Gasteiger partial charge in [-0.3, -0.25) is 4.79 Å². The lowest BCUT2D eigenvalue weighted by molar-refractivity contribution is -0.121. The number of nitrogens with zero attached hydrogens (tertiary/aromatic N) is 1. The highest BCUT2D eigenvalue weighted by Gasteiger charge is 2.45. The molecule has 19 heavy (non-hydrogen) atoms. The monoisotopic (exact) mass is 260 g/mol. The van der Waals surface area contributed by atoms with Gasteiger partial charge < -0.3 is 10.4 Å². The van der Waals surface area contributed by atoms with Crippen LogP contribution in [-0.2, 0) is 4.79 Å². The first-order chi connectivity index (χ1) is 9.15. The molecule has 100 valence electrons. The van der Waals surface area contributed by atoms with Gasteiger partial charge in [-0.15, -0.1) is 0 Å². The van der Waals surface area contributed by atoms with Gasteiger partial charge in [0.1, 0.15) is 5.69 Å². The molecule has 0 aromatic carbocycles. The minimum atomic E-state index is -1.09. The summed E-state index contributed by atoms with van der Waals surface area (Å²) >= 11 is 0. The Morgan fingerprint density at radius 1 is 1.26 bits per heavy atom. The number of hydrogen-bond acceptors (Lipinski definition) is 3. The zero-order valence-corrected chi connectivity index (χ0v) is 10.5. The van der Waals surface area contributed by atoms with Gasteiger partial charge in [0.25, 0.3) is 0 Å². The lowest BCUT2D eigenvalue weighted by atomic mass is 9.97. The van der Waals surface area contributed by atoms with E-state index in [0.717, 1.165) is 25.7 Å². The standard InChI is InChI=1S/C14H16N2O3/c17-13(12(8-1-2-8)9-3-4-9)16-10-5-6-15-11(7-10)14(18)19/h5-9,12H,1-4H2,(H,18,19)(H,15,16,17). The third kappa shape index (κ3) is 2.75. The summed E-state index contributed by atoms with van der Waals surface area (Å²) < 4.78 is 0. The lowest BCUT2D eigenvalue weighted by Gasteiger charge is -2.15. The zero-order chi connectivity index (χ0) is 13.4. The molecular formula is C14H16N2O3. The number of hydrogen-bond donors (Lipinski definition) is 2. The summed E-state index contributed by atoms with van der Waals surface area (Å²) in [7, 11) is 0. The fourth-order valence-electron chi connectivity index (χ4n) is 2.57. The summed E-state index contributed by atoms with van der Waals surface area (Å²) in [6.07, 6.45) is 5.98. The van der Waals surface area contributed by atoms with Gasteiger partial charge in [-0.1, -0.05) is 0 Å². The molecule has 0 bridgehead atoms. The van der Waals surface area contributed by atoms with Crippen LogP contribution in [0, 0.1) is 17.8 Å². The van der Waals surface area contributed by atoms with Crippen LogP contribution in [0.15, 0.2) is 18.3 Å². The van der Waals surface area contributed by atoms with Gasteiger partial charge in [0.05, 0.1) is 0 Å². The van der Waals surface area contributed by atoms with E-state index in [1.165, 1.54) is 12.3 Å². The van der Waals surface area contributed by atoms with E-state index in [0.29, 0.717) is 17.5 Å². The molecule has 1 amide bonds. The molecule has 3 rings (SSSR count). The molecule has 2 fully saturated rings. The third-order valence-corrected chi connectivity index (χ3v) is 3.81. The average molecular weight is 260 g/mol. The zero-order valence-electron chi connectivity index (χ0n) is 10.5. The van der Waals surface area contributed by atoms with Crippen molar-refractivity contribution in [3.8, 4) is 0 Å². The second kappa shape index (κ2) is 4.64. The van der Waals surface area contributed by atoms with E-state index >= 15 is 0 Å². The van der Waals surface area contributed by atoms with E-state index in [4.69, 9.17) is 5.11 Å². The summed E-state index contributed by atoms with van der Waals surface area (Å²) in [6.45, 7) is 0. The van der Waals surface area contributed by atoms with Crippen LogP contribution in [-0.4, -0.2) is 22.0 Å². The number of aromatic carboxylic acids is 1. The first-order valence-electron chi connectivity index (χ1n) is 6.65. The SMILES string of the molecule is O=C(O)c1cc(NC(=O)C(C2CC2)C2CC2)ccn1. The number of anilines is 1. The van der Waals surface area contributed by atoms with Crippen molar-refractivity contribution in [3.63, 3.8) is 0 Å². The highest BCUT2D eigenvalue weighted by molar-refractivity contribution is 5.94. The predicted molar refractivity (Wildman–Crippen MR) is 68.8 cm³/mol. The Kier molecular flexibility index (Phi) is 2.97. The summed E-state index contributed by atoms with van der Waals surface area (Å²) in [5, 5.41) is 11.7. The van der Waals surface area contributed by atoms with E-state index < -0.39 is 5.97 Å². The molecule has 2 aliphatic rings. The molecule has 0 aliphatic heterocycles. The molecule has 1 heterocycles. The van der Waals surface area contributed by atoms with Crippen molar-refractivity contribution >= 4 is 17.6 Å². The lowest BCUT2D eigenvalue weighted by Crippen LogP contribution is -2.26. The molecule has 2 saturated carbocycles. The Labute approximate surface area is 111 Å². The van der Waals surface area contributed by atoms with Crippen molar-refractivity contribution in [2.45, 2.75) is 25.7 Å². The molecule has 1 aromatic heterocycles. The maximum atomic E-state index is 12.3. The normalized spacial score (nSPS) is 18.4. The number of pyridine rings is 1. The van der Waals surface area contributed by atoms with Crippen molar-refractivity contribution in [3.05, 3.63) is 24.0 Å². The molecule has 1 aromatic rings. The molecule has 0 spiro atoms. The molecule has 0 atom stereocenters.